The number of aromatic hydroxyl groups is 1. The lowest BCUT2D eigenvalue weighted by Crippen LogP contribution is -2.45. The highest BCUT2D eigenvalue weighted by molar-refractivity contribution is 5.95. The van der Waals surface area contributed by atoms with Gasteiger partial charge in [0.2, 0.25) is 6.41 Å². The van der Waals surface area contributed by atoms with E-state index in [4.69, 9.17) is 9.47 Å². The molecule has 4 aromatic rings. The molecule has 14 heteroatoms. The number of pyridine rings is 2. The van der Waals surface area contributed by atoms with Crippen LogP contribution in [0.1, 0.15) is 57.4 Å². The number of carbonyl (C=O) groups excluding carboxylic acids is 3. The van der Waals surface area contributed by atoms with E-state index < -0.39 is 6.17 Å². The lowest BCUT2D eigenvalue weighted by Gasteiger charge is -2.36. The number of benzene rings is 2. The van der Waals surface area contributed by atoms with E-state index in [2.05, 4.69) is 27.4 Å². The van der Waals surface area contributed by atoms with Crippen molar-refractivity contribution in [1.82, 2.24) is 24.7 Å². The van der Waals surface area contributed by atoms with Crippen molar-refractivity contribution in [3.05, 3.63) is 77.0 Å². The summed E-state index contributed by atoms with van der Waals surface area (Å²) in [6.45, 7) is 9.43. The third-order valence-corrected chi connectivity index (χ3v) is 10.4. The van der Waals surface area contributed by atoms with Gasteiger partial charge in [0, 0.05) is 88.6 Å². The Bertz CT molecular complexity index is 1980. The van der Waals surface area contributed by atoms with E-state index >= 15 is 0 Å². The summed E-state index contributed by atoms with van der Waals surface area (Å²) in [7, 11) is 3.39. The van der Waals surface area contributed by atoms with Crippen molar-refractivity contribution in [2.24, 2.45) is 5.92 Å². The largest absolute Gasteiger partial charge is 0.504 e. The van der Waals surface area contributed by atoms with Gasteiger partial charge in [-0.3, -0.25) is 19.4 Å². The minimum atomic E-state index is -0.664. The number of likely N-dealkylation sites (tertiary alicyclic amines) is 2. The number of rotatable bonds is 15. The maximum absolute atomic E-state index is 13.5. The topological polar surface area (TPSA) is 155 Å². The van der Waals surface area contributed by atoms with Crippen molar-refractivity contribution >= 4 is 35.1 Å². The predicted molar refractivity (Wildman–Crippen MR) is 225 cm³/mol. The van der Waals surface area contributed by atoms with Crippen LogP contribution in [0.3, 0.4) is 0 Å². The number of anilines is 1. The number of phenols is 1. The number of carbonyl (C=O) groups is 3. The van der Waals surface area contributed by atoms with Crippen molar-refractivity contribution in [3.63, 3.8) is 0 Å². The maximum atomic E-state index is 13.5. The van der Waals surface area contributed by atoms with Crippen molar-refractivity contribution < 1.29 is 33.4 Å². The number of aromatic nitrogens is 2. The average Bonchev–Trinajstić information content (AvgIpc) is 3.24. The van der Waals surface area contributed by atoms with E-state index in [1.54, 1.807) is 29.1 Å². The molecule has 1 unspecified atom stereocenters. The van der Waals surface area contributed by atoms with Crippen LogP contribution in [0, 0.1) is 12.8 Å². The first kappa shape index (κ1) is 45.2. The van der Waals surface area contributed by atoms with Gasteiger partial charge in [0.1, 0.15) is 18.2 Å². The number of alkyl halides is 1. The van der Waals surface area contributed by atoms with E-state index in [1.165, 1.54) is 7.11 Å². The summed E-state index contributed by atoms with van der Waals surface area (Å²) in [6, 6.07) is 12.8. The van der Waals surface area contributed by atoms with E-state index in [0.29, 0.717) is 61.7 Å². The number of ether oxygens (including phenoxy) is 2. The van der Waals surface area contributed by atoms with Crippen molar-refractivity contribution in [3.8, 4) is 28.4 Å². The number of halogens is 1. The summed E-state index contributed by atoms with van der Waals surface area (Å²) in [4.78, 5) is 52.3. The molecule has 2 aromatic heterocycles. The highest BCUT2D eigenvalue weighted by atomic mass is 19.1. The summed E-state index contributed by atoms with van der Waals surface area (Å²) in [5.74, 6) is 1.81. The fraction of sp³-hybridized carbons (Fsp3) is 0.477. The Hall–Kier alpha value is -5.50. The fourth-order valence-electron chi connectivity index (χ4n) is 7.10. The van der Waals surface area contributed by atoms with Gasteiger partial charge in [0.05, 0.1) is 12.5 Å². The van der Waals surface area contributed by atoms with Gasteiger partial charge < -0.3 is 44.4 Å². The molecule has 2 aliphatic rings. The number of nitrogens with zero attached hydrogens (tertiary/aromatic N) is 4. The number of nitrogens with one attached hydrogen (secondary N) is 2. The third kappa shape index (κ3) is 13.3. The molecule has 0 saturated carbocycles. The molecule has 4 heterocycles. The minimum Gasteiger partial charge on any atom is -0.504 e. The quantitative estimate of drug-likeness (QED) is 0.0965. The Morgan fingerprint density at radius 2 is 1.86 bits per heavy atom. The Labute approximate surface area is 340 Å². The molecule has 6 rings (SSSR count). The van der Waals surface area contributed by atoms with Gasteiger partial charge in [-0.25, -0.2) is 4.39 Å². The van der Waals surface area contributed by atoms with Gasteiger partial charge in [-0.15, -0.1) is 0 Å². The van der Waals surface area contributed by atoms with Gasteiger partial charge in [-0.1, -0.05) is 25.5 Å². The number of hydrogen-bond acceptors (Lipinski definition) is 10. The summed E-state index contributed by atoms with van der Waals surface area (Å²) >= 11 is 0. The Morgan fingerprint density at radius 1 is 1.07 bits per heavy atom. The number of aldehydes is 1. The molecule has 3 N–H and O–H groups in total. The molecule has 2 aromatic carbocycles. The van der Waals surface area contributed by atoms with Gasteiger partial charge in [0.25, 0.3) is 11.5 Å². The smallest absolute Gasteiger partial charge is 0.260 e. The summed E-state index contributed by atoms with van der Waals surface area (Å²) in [5, 5.41) is 16.7. The Kier molecular flexibility index (Phi) is 18.4. The third-order valence-electron chi connectivity index (χ3n) is 10.4. The van der Waals surface area contributed by atoms with Gasteiger partial charge in [0.15, 0.2) is 18.1 Å². The number of hydrogen-bond donors (Lipinski definition) is 3. The Morgan fingerprint density at radius 3 is 2.55 bits per heavy atom. The van der Waals surface area contributed by atoms with Crippen molar-refractivity contribution in [1.29, 1.82) is 0 Å². The first-order chi connectivity index (χ1) is 28.1. The van der Waals surface area contributed by atoms with Crippen LogP contribution in [0.25, 0.3) is 21.9 Å². The van der Waals surface area contributed by atoms with E-state index in [1.807, 2.05) is 55.4 Å². The molecular weight excluding hydrogens is 744 g/mol. The number of piperidine rings is 2. The van der Waals surface area contributed by atoms with Crippen LogP contribution < -0.4 is 25.7 Å². The van der Waals surface area contributed by atoms with Gasteiger partial charge in [-0.2, -0.15) is 0 Å². The molecule has 2 fully saturated rings. The van der Waals surface area contributed by atoms with Crippen LogP contribution in [0.15, 0.2) is 65.8 Å². The molecule has 58 heavy (non-hydrogen) atoms. The van der Waals surface area contributed by atoms with Crippen LogP contribution in [0.4, 0.5) is 10.1 Å². The van der Waals surface area contributed by atoms with Gasteiger partial charge in [-0.05, 0) is 92.3 Å². The molecule has 0 aliphatic carbocycles. The number of unbranched alkanes of at least 4 members (excludes halogenated alkanes) is 1. The second kappa shape index (κ2) is 23.7. The molecule has 2 amide bonds. The SMILES string of the molecule is CCCCn1cc(-c2ccc(O)c(OC)c2)c2ccncc2c1=O.CNc1cc(OCC(=O)N2CCC(CN3CCCC(F)C3)CC2)ccc1C.O=CCCNC=O. The average molecular weight is 803 g/mol. The van der Waals surface area contributed by atoms with Crippen molar-refractivity contribution in [2.45, 2.75) is 71.5 Å². The highest BCUT2D eigenvalue weighted by Gasteiger charge is 2.27. The summed E-state index contributed by atoms with van der Waals surface area (Å²) in [6.07, 6.45) is 11.9. The van der Waals surface area contributed by atoms with Crippen LogP contribution in [0.5, 0.6) is 17.2 Å². The zero-order valence-electron chi connectivity index (χ0n) is 34.3. The van der Waals surface area contributed by atoms with Crippen molar-refractivity contribution in [2.75, 3.05) is 65.3 Å². The molecule has 0 spiro atoms. The summed E-state index contributed by atoms with van der Waals surface area (Å²) in [5.41, 5.74) is 3.92. The molecule has 0 bridgehead atoms. The maximum Gasteiger partial charge on any atom is 0.260 e. The number of aryl methyl sites for hydroxylation is 2. The predicted octanol–water partition coefficient (Wildman–Crippen LogP) is 5.99. The van der Waals surface area contributed by atoms with Crippen LogP contribution >= 0.6 is 0 Å². The molecular formula is C44H59FN6O7. The zero-order valence-corrected chi connectivity index (χ0v) is 34.3. The molecule has 13 nitrogen and oxygen atoms in total. The lowest BCUT2D eigenvalue weighted by atomic mass is 9.95. The van der Waals surface area contributed by atoms with Crippen LogP contribution in [-0.4, -0.2) is 109 Å². The first-order valence-corrected chi connectivity index (χ1v) is 20.1. The van der Waals surface area contributed by atoms with Gasteiger partial charge >= 0.3 is 0 Å². The normalized spacial score (nSPS) is 15.6. The number of methoxy groups -OCH3 is 1. The van der Waals surface area contributed by atoms with E-state index in [0.717, 1.165) is 92.3 Å². The second-order valence-corrected chi connectivity index (χ2v) is 14.6. The lowest BCUT2D eigenvalue weighted by molar-refractivity contribution is -0.134. The van der Waals surface area contributed by atoms with E-state index in [-0.39, 0.29) is 23.8 Å². The zero-order chi connectivity index (χ0) is 41.9. The Balaban J connectivity index is 0.000000222. The first-order valence-electron chi connectivity index (χ1n) is 20.1. The number of fused-ring (bicyclic) bond motifs is 1. The highest BCUT2D eigenvalue weighted by Crippen LogP contribution is 2.34. The number of phenolic OH excluding ortho intramolecular Hbond substituents is 1. The fourth-order valence-corrected chi connectivity index (χ4v) is 7.10. The molecule has 0 radical (unpaired) electrons. The van der Waals surface area contributed by atoms with E-state index in [9.17, 15) is 28.7 Å². The molecule has 2 aliphatic heterocycles. The van der Waals surface area contributed by atoms with Crippen LogP contribution in [0.2, 0.25) is 0 Å². The molecule has 1 atom stereocenters. The summed E-state index contributed by atoms with van der Waals surface area (Å²) < 4.78 is 26.2. The second-order valence-electron chi connectivity index (χ2n) is 14.6. The van der Waals surface area contributed by atoms with Crippen LogP contribution in [-0.2, 0) is 20.9 Å². The number of amides is 2. The minimum absolute atomic E-state index is 0.0268. The standard InChI is InChI=1S/C21H32FN3O2.C19H20N2O3.C4H7NO2/c1-16-5-6-19(12-20(16)23-2)27-15-21(26)25-10-7-17(8-11-25)13-24-9-3-4-18(22)14-24;1-3-4-9-21-12-16(13-5-6-17(22)18(10-13)24-2)14-7-8-20-11-15(14)19(21)23;6-3-1-2-5-4-7/h5-6,12,17-18,23H,3-4,7-11,13-15H2,1-2H3;5-8,10-12,22H,3-4,9H2,1-2H3;3-4H,1-2H2,(H,5,7). The monoisotopic (exact) mass is 802 g/mol. The molecule has 314 valence electrons. The molecule has 2 saturated heterocycles.